The molecule has 0 fully saturated rings. The summed E-state index contributed by atoms with van der Waals surface area (Å²) in [5, 5.41) is 11.1. The van der Waals surface area contributed by atoms with Crippen LogP contribution in [0, 0.1) is 6.92 Å². The van der Waals surface area contributed by atoms with E-state index in [4.69, 9.17) is 5.11 Å². The number of aliphatic hydroxyl groups is 1. The van der Waals surface area contributed by atoms with E-state index in [1.54, 1.807) is 11.3 Å². The van der Waals surface area contributed by atoms with Crippen LogP contribution in [0.1, 0.15) is 17.4 Å². The predicted molar refractivity (Wildman–Crippen MR) is 44.4 cm³/mol. The Labute approximate surface area is 65.3 Å². The van der Waals surface area contributed by atoms with Gasteiger partial charge in [0.15, 0.2) is 0 Å². The zero-order chi connectivity index (χ0) is 7.56. The predicted octanol–water partition coefficient (Wildman–Crippen LogP) is 1.98. The number of aryl methyl sites for hydroxylation is 1. The fourth-order valence-corrected chi connectivity index (χ4v) is 1.68. The van der Waals surface area contributed by atoms with Crippen LogP contribution >= 0.6 is 11.3 Å². The highest BCUT2D eigenvalue weighted by atomic mass is 32.1. The Balaban J connectivity index is 2.65. The first-order chi connectivity index (χ1) is 4.70. The van der Waals surface area contributed by atoms with Crippen molar-refractivity contribution in [3.8, 4) is 0 Å². The number of thiophene rings is 1. The summed E-state index contributed by atoms with van der Waals surface area (Å²) in [6.45, 7) is 3.90. The molecule has 0 amide bonds. The van der Waals surface area contributed by atoms with Crippen LogP contribution in [0.4, 0.5) is 0 Å². The fraction of sp³-hybridized carbons (Fsp3) is 0.500. The van der Waals surface area contributed by atoms with E-state index in [9.17, 15) is 0 Å². The number of hydrogen-bond donors (Lipinski definition) is 1. The second-order valence-electron chi connectivity index (χ2n) is 2.56. The van der Waals surface area contributed by atoms with E-state index in [0.29, 0.717) is 0 Å². The lowest BCUT2D eigenvalue weighted by molar-refractivity contribution is 0.195. The number of rotatable bonds is 2. The maximum atomic E-state index is 9.05. The van der Waals surface area contributed by atoms with Gasteiger partial charge in [0.2, 0.25) is 0 Å². The topological polar surface area (TPSA) is 20.2 Å². The molecule has 1 aromatic rings. The Bertz CT molecular complexity index is 203. The molecule has 0 bridgehead atoms. The average Bonchev–Trinajstić information content (AvgIpc) is 2.15. The van der Waals surface area contributed by atoms with E-state index in [-0.39, 0.29) is 6.10 Å². The lowest BCUT2D eigenvalue weighted by atomic mass is 10.1. The van der Waals surface area contributed by atoms with E-state index in [1.807, 2.05) is 6.92 Å². The maximum absolute atomic E-state index is 9.05. The molecule has 1 aromatic heterocycles. The van der Waals surface area contributed by atoms with E-state index in [0.717, 1.165) is 6.42 Å². The minimum atomic E-state index is -0.215. The summed E-state index contributed by atoms with van der Waals surface area (Å²) in [6, 6.07) is 2.08. The van der Waals surface area contributed by atoms with Crippen LogP contribution in [0.15, 0.2) is 11.4 Å². The molecule has 0 spiro atoms. The molecular weight excluding hydrogens is 144 g/mol. The van der Waals surface area contributed by atoms with Crippen molar-refractivity contribution in [1.29, 1.82) is 0 Å². The van der Waals surface area contributed by atoms with Gasteiger partial charge in [-0.15, -0.1) is 11.3 Å². The third-order valence-corrected chi connectivity index (χ3v) is 2.37. The first kappa shape index (κ1) is 7.76. The molecule has 1 heterocycles. The molecule has 0 aromatic carbocycles. The molecule has 10 heavy (non-hydrogen) atoms. The summed E-state index contributed by atoms with van der Waals surface area (Å²) in [5.41, 5.74) is 1.28. The minimum absolute atomic E-state index is 0.215. The van der Waals surface area contributed by atoms with Gasteiger partial charge in [0.05, 0.1) is 6.10 Å². The van der Waals surface area contributed by atoms with E-state index in [2.05, 4.69) is 18.4 Å². The molecule has 0 aliphatic rings. The Morgan fingerprint density at radius 3 is 2.80 bits per heavy atom. The molecule has 2 heteroatoms. The minimum Gasteiger partial charge on any atom is -0.393 e. The quantitative estimate of drug-likeness (QED) is 0.694. The molecule has 0 aliphatic carbocycles. The van der Waals surface area contributed by atoms with Gasteiger partial charge >= 0.3 is 0 Å². The molecule has 1 rings (SSSR count). The second kappa shape index (κ2) is 3.17. The van der Waals surface area contributed by atoms with E-state index >= 15 is 0 Å². The van der Waals surface area contributed by atoms with Crippen molar-refractivity contribution in [1.82, 2.24) is 0 Å². The SMILES string of the molecule is Cc1sccc1CC(C)O. The van der Waals surface area contributed by atoms with E-state index in [1.165, 1.54) is 10.4 Å². The summed E-state index contributed by atoms with van der Waals surface area (Å²) in [5.74, 6) is 0. The van der Waals surface area contributed by atoms with Gasteiger partial charge in [0.25, 0.3) is 0 Å². The summed E-state index contributed by atoms with van der Waals surface area (Å²) < 4.78 is 0. The molecule has 0 saturated heterocycles. The normalized spacial score (nSPS) is 13.5. The van der Waals surface area contributed by atoms with Crippen molar-refractivity contribution < 1.29 is 5.11 Å². The fourth-order valence-electron chi connectivity index (χ4n) is 0.941. The van der Waals surface area contributed by atoms with Crippen LogP contribution in [-0.2, 0) is 6.42 Å². The summed E-state index contributed by atoms with van der Waals surface area (Å²) in [6.07, 6.45) is 0.572. The van der Waals surface area contributed by atoms with Crippen LogP contribution in [0.3, 0.4) is 0 Å². The Hall–Kier alpha value is -0.340. The lowest BCUT2D eigenvalue weighted by Crippen LogP contribution is -2.03. The molecule has 1 N–H and O–H groups in total. The first-order valence-corrected chi connectivity index (χ1v) is 4.29. The van der Waals surface area contributed by atoms with Gasteiger partial charge in [-0.05, 0) is 37.3 Å². The third kappa shape index (κ3) is 1.82. The van der Waals surface area contributed by atoms with Gasteiger partial charge in [-0.3, -0.25) is 0 Å². The van der Waals surface area contributed by atoms with Crippen LogP contribution in [-0.4, -0.2) is 11.2 Å². The first-order valence-electron chi connectivity index (χ1n) is 3.41. The highest BCUT2D eigenvalue weighted by molar-refractivity contribution is 7.10. The highest BCUT2D eigenvalue weighted by Gasteiger charge is 2.01. The highest BCUT2D eigenvalue weighted by Crippen LogP contribution is 2.16. The molecule has 1 unspecified atom stereocenters. The standard InChI is InChI=1S/C8H12OS/c1-6(9)5-8-3-4-10-7(8)2/h3-4,6,9H,5H2,1-2H3. The molecule has 1 nitrogen and oxygen atoms in total. The van der Waals surface area contributed by atoms with Gasteiger partial charge < -0.3 is 5.11 Å². The number of hydrogen-bond acceptors (Lipinski definition) is 2. The maximum Gasteiger partial charge on any atom is 0.0552 e. The van der Waals surface area contributed by atoms with Crippen LogP contribution in [0.25, 0.3) is 0 Å². The summed E-state index contributed by atoms with van der Waals surface area (Å²) in [4.78, 5) is 1.32. The summed E-state index contributed by atoms with van der Waals surface area (Å²) in [7, 11) is 0. The van der Waals surface area contributed by atoms with Crippen LogP contribution in [0.2, 0.25) is 0 Å². The van der Waals surface area contributed by atoms with Crippen molar-refractivity contribution in [3.63, 3.8) is 0 Å². The van der Waals surface area contributed by atoms with Gasteiger partial charge in [0.1, 0.15) is 0 Å². The van der Waals surface area contributed by atoms with Gasteiger partial charge in [-0.1, -0.05) is 0 Å². The van der Waals surface area contributed by atoms with Crippen LogP contribution in [0.5, 0.6) is 0 Å². The Morgan fingerprint density at radius 1 is 1.70 bits per heavy atom. The largest absolute Gasteiger partial charge is 0.393 e. The number of aliphatic hydroxyl groups excluding tert-OH is 1. The Morgan fingerprint density at radius 2 is 2.40 bits per heavy atom. The Kier molecular flexibility index (Phi) is 2.46. The lowest BCUT2D eigenvalue weighted by Gasteiger charge is -2.01. The second-order valence-corrected chi connectivity index (χ2v) is 3.68. The molecule has 0 saturated carbocycles. The zero-order valence-electron chi connectivity index (χ0n) is 6.29. The van der Waals surface area contributed by atoms with Crippen molar-refractivity contribution in [2.75, 3.05) is 0 Å². The van der Waals surface area contributed by atoms with Crippen molar-refractivity contribution in [3.05, 3.63) is 21.9 Å². The van der Waals surface area contributed by atoms with Crippen molar-refractivity contribution in [2.45, 2.75) is 26.4 Å². The molecular formula is C8H12OS. The van der Waals surface area contributed by atoms with Gasteiger partial charge in [0, 0.05) is 4.88 Å². The zero-order valence-corrected chi connectivity index (χ0v) is 7.11. The molecule has 1 atom stereocenters. The van der Waals surface area contributed by atoms with Gasteiger partial charge in [-0.2, -0.15) is 0 Å². The van der Waals surface area contributed by atoms with Crippen molar-refractivity contribution in [2.24, 2.45) is 0 Å². The molecule has 0 aliphatic heterocycles. The van der Waals surface area contributed by atoms with Crippen molar-refractivity contribution >= 4 is 11.3 Å². The molecule has 56 valence electrons. The van der Waals surface area contributed by atoms with Gasteiger partial charge in [-0.25, -0.2) is 0 Å². The monoisotopic (exact) mass is 156 g/mol. The van der Waals surface area contributed by atoms with Crippen LogP contribution < -0.4 is 0 Å². The van der Waals surface area contributed by atoms with E-state index < -0.39 is 0 Å². The smallest absolute Gasteiger partial charge is 0.0552 e. The average molecular weight is 156 g/mol. The summed E-state index contributed by atoms with van der Waals surface area (Å²) >= 11 is 1.74. The third-order valence-electron chi connectivity index (χ3n) is 1.48. The molecule has 0 radical (unpaired) electrons.